The normalized spacial score (nSPS) is 18.2. The summed E-state index contributed by atoms with van der Waals surface area (Å²) in [5.41, 5.74) is 1.08. The van der Waals surface area contributed by atoms with E-state index in [-0.39, 0.29) is 6.10 Å². The highest BCUT2D eigenvalue weighted by molar-refractivity contribution is 7.18. The SMILES string of the molecule is OC1CN(Cc2nc3ccccc3s2)C1. The number of aliphatic hydroxyl groups is 1. The van der Waals surface area contributed by atoms with E-state index in [0.29, 0.717) is 0 Å². The number of fused-ring (bicyclic) bond motifs is 1. The van der Waals surface area contributed by atoms with Crippen LogP contribution in [0.2, 0.25) is 0 Å². The third-order valence-corrected chi connectivity index (χ3v) is 3.66. The molecule has 0 amide bonds. The molecule has 0 atom stereocenters. The largest absolute Gasteiger partial charge is 0.390 e. The molecule has 15 heavy (non-hydrogen) atoms. The number of hydrogen-bond acceptors (Lipinski definition) is 4. The van der Waals surface area contributed by atoms with Gasteiger partial charge in [-0.05, 0) is 12.1 Å². The van der Waals surface area contributed by atoms with Crippen molar-refractivity contribution in [2.45, 2.75) is 12.6 Å². The monoisotopic (exact) mass is 220 g/mol. The van der Waals surface area contributed by atoms with Gasteiger partial charge < -0.3 is 5.11 Å². The zero-order chi connectivity index (χ0) is 10.3. The lowest BCUT2D eigenvalue weighted by molar-refractivity contribution is -0.00285. The van der Waals surface area contributed by atoms with Gasteiger partial charge in [-0.3, -0.25) is 4.90 Å². The molecule has 3 rings (SSSR count). The molecule has 3 nitrogen and oxygen atoms in total. The lowest BCUT2D eigenvalue weighted by atomic mass is 10.2. The first-order valence-electron chi connectivity index (χ1n) is 5.06. The van der Waals surface area contributed by atoms with E-state index in [1.165, 1.54) is 4.70 Å². The van der Waals surface area contributed by atoms with Gasteiger partial charge in [0.25, 0.3) is 0 Å². The van der Waals surface area contributed by atoms with Crippen LogP contribution in [-0.2, 0) is 6.54 Å². The van der Waals surface area contributed by atoms with E-state index in [2.05, 4.69) is 16.0 Å². The number of benzene rings is 1. The lowest BCUT2D eigenvalue weighted by Crippen LogP contribution is -2.49. The van der Waals surface area contributed by atoms with Crippen molar-refractivity contribution in [3.8, 4) is 0 Å². The lowest BCUT2D eigenvalue weighted by Gasteiger charge is -2.34. The van der Waals surface area contributed by atoms with Crippen LogP contribution >= 0.6 is 11.3 Å². The van der Waals surface area contributed by atoms with Gasteiger partial charge >= 0.3 is 0 Å². The van der Waals surface area contributed by atoms with Crippen LogP contribution in [0, 0.1) is 0 Å². The number of aromatic nitrogens is 1. The van der Waals surface area contributed by atoms with Crippen LogP contribution in [0.15, 0.2) is 24.3 Å². The maximum atomic E-state index is 9.18. The van der Waals surface area contributed by atoms with Crippen molar-refractivity contribution in [2.24, 2.45) is 0 Å². The number of hydrogen-bond donors (Lipinski definition) is 1. The second-order valence-electron chi connectivity index (χ2n) is 3.92. The van der Waals surface area contributed by atoms with Crippen molar-refractivity contribution < 1.29 is 5.11 Å². The molecule has 1 fully saturated rings. The van der Waals surface area contributed by atoms with E-state index < -0.39 is 0 Å². The van der Waals surface area contributed by atoms with Gasteiger partial charge in [0.15, 0.2) is 0 Å². The Kier molecular flexibility index (Phi) is 2.20. The van der Waals surface area contributed by atoms with E-state index in [1.54, 1.807) is 11.3 Å². The van der Waals surface area contributed by atoms with E-state index in [4.69, 9.17) is 0 Å². The van der Waals surface area contributed by atoms with Crippen LogP contribution in [-0.4, -0.2) is 34.2 Å². The number of thiazole rings is 1. The smallest absolute Gasteiger partial charge is 0.108 e. The molecule has 4 heteroatoms. The van der Waals surface area contributed by atoms with Crippen molar-refractivity contribution in [1.82, 2.24) is 9.88 Å². The van der Waals surface area contributed by atoms with Gasteiger partial charge in [0.05, 0.1) is 22.9 Å². The molecule has 1 aliphatic heterocycles. The summed E-state index contributed by atoms with van der Waals surface area (Å²) in [5, 5.41) is 10.3. The predicted octanol–water partition coefficient (Wildman–Crippen LogP) is 1.47. The van der Waals surface area contributed by atoms with Crippen LogP contribution in [0.3, 0.4) is 0 Å². The average molecular weight is 220 g/mol. The van der Waals surface area contributed by atoms with E-state index in [1.807, 2.05) is 18.2 Å². The third-order valence-electron chi connectivity index (χ3n) is 2.63. The molecule has 0 radical (unpaired) electrons. The molecule has 1 aliphatic rings. The topological polar surface area (TPSA) is 36.4 Å². The summed E-state index contributed by atoms with van der Waals surface area (Å²) >= 11 is 1.74. The predicted molar refractivity (Wildman–Crippen MR) is 60.9 cm³/mol. The van der Waals surface area contributed by atoms with Gasteiger partial charge in [-0.1, -0.05) is 12.1 Å². The van der Waals surface area contributed by atoms with Crippen LogP contribution in [0.5, 0.6) is 0 Å². The quantitative estimate of drug-likeness (QED) is 0.832. The molecule has 1 N–H and O–H groups in total. The van der Waals surface area contributed by atoms with Crippen molar-refractivity contribution in [1.29, 1.82) is 0 Å². The summed E-state index contributed by atoms with van der Waals surface area (Å²) in [7, 11) is 0. The van der Waals surface area contributed by atoms with Crippen LogP contribution < -0.4 is 0 Å². The average Bonchev–Trinajstić information content (AvgIpc) is 2.57. The van der Waals surface area contributed by atoms with Gasteiger partial charge in [-0.15, -0.1) is 11.3 Å². The summed E-state index contributed by atoms with van der Waals surface area (Å²) in [5.74, 6) is 0. The van der Waals surface area contributed by atoms with Crippen LogP contribution in [0.4, 0.5) is 0 Å². The number of likely N-dealkylation sites (tertiary alicyclic amines) is 1. The number of aliphatic hydroxyl groups excluding tert-OH is 1. The fourth-order valence-corrected chi connectivity index (χ4v) is 2.86. The number of rotatable bonds is 2. The highest BCUT2D eigenvalue weighted by Gasteiger charge is 2.24. The summed E-state index contributed by atoms with van der Waals surface area (Å²) in [4.78, 5) is 6.77. The second kappa shape index (κ2) is 3.56. The van der Waals surface area contributed by atoms with Gasteiger partial charge in [0, 0.05) is 13.1 Å². The Balaban J connectivity index is 1.80. The minimum absolute atomic E-state index is 0.126. The number of β-amino-alcohol motifs (C(OH)–C–C–N with tert-alkyl or cyclic N) is 1. The molecule has 0 aliphatic carbocycles. The minimum Gasteiger partial charge on any atom is -0.390 e. The molecule has 0 spiro atoms. The van der Waals surface area contributed by atoms with Crippen molar-refractivity contribution in [2.75, 3.05) is 13.1 Å². The molecule has 0 saturated carbocycles. The Morgan fingerprint density at radius 2 is 2.20 bits per heavy atom. The zero-order valence-corrected chi connectivity index (χ0v) is 9.07. The molecule has 78 valence electrons. The van der Waals surface area contributed by atoms with Gasteiger partial charge in [-0.25, -0.2) is 4.98 Å². The summed E-state index contributed by atoms with van der Waals surface area (Å²) < 4.78 is 1.24. The maximum absolute atomic E-state index is 9.18. The Labute approximate surface area is 92.0 Å². The fourth-order valence-electron chi connectivity index (χ4n) is 1.85. The number of para-hydroxylation sites is 1. The zero-order valence-electron chi connectivity index (χ0n) is 8.26. The molecule has 0 unspecified atom stereocenters. The Morgan fingerprint density at radius 3 is 2.93 bits per heavy atom. The van der Waals surface area contributed by atoms with Gasteiger partial charge in [-0.2, -0.15) is 0 Å². The summed E-state index contributed by atoms with van der Waals surface area (Å²) in [6.07, 6.45) is -0.126. The van der Waals surface area contributed by atoms with E-state index in [0.717, 1.165) is 30.2 Å². The van der Waals surface area contributed by atoms with Crippen LogP contribution in [0.25, 0.3) is 10.2 Å². The maximum Gasteiger partial charge on any atom is 0.108 e. The second-order valence-corrected chi connectivity index (χ2v) is 5.04. The fraction of sp³-hybridized carbons (Fsp3) is 0.364. The Bertz CT molecular complexity index is 443. The molecule has 2 heterocycles. The van der Waals surface area contributed by atoms with Crippen LogP contribution in [0.1, 0.15) is 5.01 Å². The van der Waals surface area contributed by atoms with Gasteiger partial charge in [0.1, 0.15) is 5.01 Å². The highest BCUT2D eigenvalue weighted by atomic mass is 32.1. The summed E-state index contributed by atoms with van der Waals surface area (Å²) in [6.45, 7) is 2.45. The first kappa shape index (κ1) is 9.27. The van der Waals surface area contributed by atoms with Gasteiger partial charge in [0.2, 0.25) is 0 Å². The molecule has 2 aromatic rings. The van der Waals surface area contributed by atoms with Crippen molar-refractivity contribution >= 4 is 21.6 Å². The molecular formula is C11H12N2OS. The van der Waals surface area contributed by atoms with E-state index >= 15 is 0 Å². The molecule has 1 aromatic heterocycles. The molecular weight excluding hydrogens is 208 g/mol. The number of nitrogens with zero attached hydrogens (tertiary/aromatic N) is 2. The first-order valence-corrected chi connectivity index (χ1v) is 5.88. The summed E-state index contributed by atoms with van der Waals surface area (Å²) in [6, 6.07) is 8.19. The Morgan fingerprint density at radius 1 is 1.40 bits per heavy atom. The minimum atomic E-state index is -0.126. The molecule has 1 saturated heterocycles. The molecule has 0 bridgehead atoms. The third kappa shape index (κ3) is 1.76. The first-order chi connectivity index (χ1) is 7.31. The van der Waals surface area contributed by atoms with Crippen molar-refractivity contribution in [3.63, 3.8) is 0 Å². The Hall–Kier alpha value is -0.970. The standard InChI is InChI=1S/C11H12N2OS/c14-8-5-13(6-8)7-11-12-9-3-1-2-4-10(9)15-11/h1-4,8,14H,5-7H2. The highest BCUT2D eigenvalue weighted by Crippen LogP contribution is 2.23. The van der Waals surface area contributed by atoms with E-state index in [9.17, 15) is 5.11 Å². The molecule has 1 aromatic carbocycles. The van der Waals surface area contributed by atoms with Crippen molar-refractivity contribution in [3.05, 3.63) is 29.3 Å².